The molecule has 2 N–H and O–H groups in total. The van der Waals surface area contributed by atoms with Gasteiger partial charge in [0, 0.05) is 23.1 Å². The van der Waals surface area contributed by atoms with Crippen molar-refractivity contribution in [2.75, 3.05) is 0 Å². The highest BCUT2D eigenvalue weighted by Crippen LogP contribution is 2.46. The first-order chi connectivity index (χ1) is 14.2. The molecule has 0 atom stereocenters. The number of benzene rings is 3. The topological polar surface area (TPSA) is 69.4 Å². The number of para-hydroxylation sites is 1. The van der Waals surface area contributed by atoms with E-state index in [9.17, 15) is 8.42 Å². The van der Waals surface area contributed by atoms with Crippen LogP contribution in [0.3, 0.4) is 0 Å². The van der Waals surface area contributed by atoms with Crippen LogP contribution in [0.2, 0.25) is 20.1 Å². The molecule has 30 heavy (non-hydrogen) atoms. The van der Waals surface area contributed by atoms with Gasteiger partial charge in [-0.05, 0) is 42.0 Å². The van der Waals surface area contributed by atoms with Gasteiger partial charge in [0.05, 0.1) is 25.0 Å². The number of rotatable bonds is 3. The van der Waals surface area contributed by atoms with E-state index < -0.39 is 10.0 Å². The van der Waals surface area contributed by atoms with Crippen LogP contribution in [-0.4, -0.2) is 8.42 Å². The highest BCUT2D eigenvalue weighted by atomic mass is 35.5. The zero-order valence-corrected chi connectivity index (χ0v) is 19.0. The molecule has 0 aliphatic carbocycles. The van der Waals surface area contributed by atoms with Crippen LogP contribution >= 0.6 is 46.4 Å². The summed E-state index contributed by atoms with van der Waals surface area (Å²) in [5.74, 6) is 1.19. The minimum atomic E-state index is -3.81. The van der Waals surface area contributed by atoms with Gasteiger partial charge in [-0.1, -0.05) is 64.6 Å². The average molecular weight is 501 g/mol. The summed E-state index contributed by atoms with van der Waals surface area (Å²) in [7, 11) is -3.81. The van der Waals surface area contributed by atoms with Crippen molar-refractivity contribution in [2.24, 2.45) is 5.14 Å². The first-order valence-corrected chi connectivity index (χ1v) is 11.7. The fourth-order valence-corrected chi connectivity index (χ4v) is 4.66. The standard InChI is InChI=1S/C21H13Cl4NO3S/c22-16-10-14(18(23)20(25)19(16)24)15-9-12-3-1-2-4-17(12)29-21(15)11-5-7-13(8-6-11)30(26,27)28/h1-8,10H,9H2,(H2,26,27,28). The molecule has 4 rings (SSSR count). The Balaban J connectivity index is 1.94. The predicted octanol–water partition coefficient (Wildman–Crippen LogP) is 6.45. The monoisotopic (exact) mass is 499 g/mol. The van der Waals surface area contributed by atoms with Crippen molar-refractivity contribution in [1.29, 1.82) is 0 Å². The molecule has 3 aromatic rings. The molecule has 9 heteroatoms. The Kier molecular flexibility index (Phi) is 5.79. The predicted molar refractivity (Wildman–Crippen MR) is 122 cm³/mol. The smallest absolute Gasteiger partial charge is 0.238 e. The largest absolute Gasteiger partial charge is 0.456 e. The maximum absolute atomic E-state index is 11.6. The van der Waals surface area contributed by atoms with Crippen LogP contribution in [-0.2, 0) is 16.4 Å². The second-order valence-electron chi connectivity index (χ2n) is 6.61. The van der Waals surface area contributed by atoms with Crippen molar-refractivity contribution >= 4 is 67.8 Å². The van der Waals surface area contributed by atoms with Gasteiger partial charge in [0.25, 0.3) is 0 Å². The zero-order chi connectivity index (χ0) is 21.6. The summed E-state index contributed by atoms with van der Waals surface area (Å²) in [5, 5.41) is 6.04. The number of primary sulfonamides is 1. The summed E-state index contributed by atoms with van der Waals surface area (Å²) in [6.07, 6.45) is 0.496. The van der Waals surface area contributed by atoms with E-state index >= 15 is 0 Å². The molecule has 1 aliphatic rings. The summed E-state index contributed by atoms with van der Waals surface area (Å²) < 4.78 is 29.4. The van der Waals surface area contributed by atoms with Gasteiger partial charge in [0.15, 0.2) is 0 Å². The van der Waals surface area contributed by atoms with E-state index in [1.807, 2.05) is 24.3 Å². The first kappa shape index (κ1) is 21.5. The highest BCUT2D eigenvalue weighted by Gasteiger charge is 2.26. The molecule has 0 amide bonds. The number of hydrogen-bond donors (Lipinski definition) is 1. The molecule has 0 radical (unpaired) electrons. The van der Waals surface area contributed by atoms with Crippen LogP contribution in [0.1, 0.15) is 16.7 Å². The lowest BCUT2D eigenvalue weighted by molar-refractivity contribution is 0.502. The number of halogens is 4. The van der Waals surface area contributed by atoms with Gasteiger partial charge in [-0.15, -0.1) is 0 Å². The minimum Gasteiger partial charge on any atom is -0.456 e. The molecule has 3 aromatic carbocycles. The van der Waals surface area contributed by atoms with Crippen molar-refractivity contribution in [3.05, 3.63) is 91.4 Å². The minimum absolute atomic E-state index is 0.000207. The number of fused-ring (bicyclic) bond motifs is 1. The van der Waals surface area contributed by atoms with Crippen LogP contribution in [0.25, 0.3) is 11.3 Å². The summed E-state index contributed by atoms with van der Waals surface area (Å²) in [4.78, 5) is 0.000207. The molecule has 0 fully saturated rings. The quantitative estimate of drug-likeness (QED) is 0.331. The zero-order valence-electron chi connectivity index (χ0n) is 15.1. The molecule has 4 nitrogen and oxygen atoms in total. The molecule has 0 spiro atoms. The van der Waals surface area contributed by atoms with Crippen LogP contribution < -0.4 is 9.88 Å². The van der Waals surface area contributed by atoms with E-state index in [0.717, 1.165) is 11.1 Å². The number of ether oxygens (including phenoxy) is 1. The van der Waals surface area contributed by atoms with Gasteiger partial charge >= 0.3 is 0 Å². The van der Waals surface area contributed by atoms with E-state index in [-0.39, 0.29) is 25.0 Å². The summed E-state index contributed by atoms with van der Waals surface area (Å²) in [6.45, 7) is 0. The van der Waals surface area contributed by atoms with E-state index in [2.05, 4.69) is 0 Å². The highest BCUT2D eigenvalue weighted by molar-refractivity contribution is 7.89. The van der Waals surface area contributed by atoms with Crippen LogP contribution in [0.4, 0.5) is 0 Å². The number of nitrogens with two attached hydrogens (primary N) is 1. The van der Waals surface area contributed by atoms with Gasteiger partial charge in [-0.3, -0.25) is 0 Å². The molecular weight excluding hydrogens is 488 g/mol. The third-order valence-corrected chi connectivity index (χ3v) is 7.38. The molecule has 0 aromatic heterocycles. The summed E-state index contributed by atoms with van der Waals surface area (Å²) in [6, 6.07) is 15.3. The Morgan fingerprint density at radius 1 is 0.867 bits per heavy atom. The third-order valence-electron chi connectivity index (χ3n) is 4.70. The van der Waals surface area contributed by atoms with Crippen molar-refractivity contribution in [3.63, 3.8) is 0 Å². The van der Waals surface area contributed by atoms with Crippen LogP contribution in [0.15, 0.2) is 59.5 Å². The van der Waals surface area contributed by atoms with E-state index in [4.69, 9.17) is 56.3 Å². The maximum Gasteiger partial charge on any atom is 0.238 e. The number of hydrogen-bond acceptors (Lipinski definition) is 3. The molecular formula is C21H13Cl4NO3S. The first-order valence-electron chi connectivity index (χ1n) is 8.62. The normalized spacial score (nSPS) is 13.8. The van der Waals surface area contributed by atoms with Gasteiger partial charge in [-0.25, -0.2) is 13.6 Å². The second-order valence-corrected chi connectivity index (χ2v) is 9.71. The Bertz CT molecular complexity index is 1300. The average Bonchev–Trinajstić information content (AvgIpc) is 2.73. The van der Waals surface area contributed by atoms with Crippen molar-refractivity contribution in [3.8, 4) is 5.75 Å². The SMILES string of the molecule is NS(=O)(=O)c1ccc(C2=C(c3cc(Cl)c(Cl)c(Cl)c3Cl)Cc3ccccc3O2)cc1. The van der Waals surface area contributed by atoms with E-state index in [1.165, 1.54) is 12.1 Å². The Labute approximate surface area is 193 Å². The number of allylic oxidation sites excluding steroid dienone is 1. The van der Waals surface area contributed by atoms with Gasteiger partial charge in [0.1, 0.15) is 11.5 Å². The van der Waals surface area contributed by atoms with Crippen molar-refractivity contribution in [2.45, 2.75) is 11.3 Å². The second kappa shape index (κ2) is 8.08. The fourth-order valence-electron chi connectivity index (χ4n) is 3.23. The summed E-state index contributed by atoms with van der Waals surface area (Å²) in [5.41, 5.74) is 2.92. The Morgan fingerprint density at radius 2 is 1.53 bits per heavy atom. The molecule has 1 heterocycles. The summed E-state index contributed by atoms with van der Waals surface area (Å²) >= 11 is 25.2. The Morgan fingerprint density at radius 3 is 2.20 bits per heavy atom. The van der Waals surface area contributed by atoms with Gasteiger partial charge < -0.3 is 4.74 Å². The molecule has 0 unspecified atom stereocenters. The van der Waals surface area contributed by atoms with E-state index in [0.29, 0.717) is 29.1 Å². The maximum atomic E-state index is 11.6. The van der Waals surface area contributed by atoms with Gasteiger partial charge in [-0.2, -0.15) is 0 Å². The molecule has 154 valence electrons. The van der Waals surface area contributed by atoms with Crippen molar-refractivity contribution < 1.29 is 13.2 Å². The lowest BCUT2D eigenvalue weighted by atomic mass is 9.92. The van der Waals surface area contributed by atoms with E-state index in [1.54, 1.807) is 18.2 Å². The van der Waals surface area contributed by atoms with Crippen molar-refractivity contribution in [1.82, 2.24) is 0 Å². The molecule has 1 aliphatic heterocycles. The Hall–Kier alpha value is -1.73. The lowest BCUT2D eigenvalue weighted by Crippen LogP contribution is -2.13. The molecule has 0 saturated carbocycles. The fraction of sp³-hybridized carbons (Fsp3) is 0.0476. The number of sulfonamides is 1. The third kappa shape index (κ3) is 3.94. The van der Waals surface area contributed by atoms with Crippen LogP contribution in [0, 0.1) is 0 Å². The van der Waals surface area contributed by atoms with Gasteiger partial charge in [0.2, 0.25) is 10.0 Å². The molecule has 0 saturated heterocycles. The van der Waals surface area contributed by atoms with Crippen LogP contribution in [0.5, 0.6) is 5.75 Å². The lowest BCUT2D eigenvalue weighted by Gasteiger charge is -2.25. The molecule has 0 bridgehead atoms.